The highest BCUT2D eigenvalue weighted by atomic mass is 15.3. The van der Waals surface area contributed by atoms with Gasteiger partial charge in [0, 0.05) is 28.8 Å². The zero-order valence-corrected chi connectivity index (χ0v) is 20.9. The van der Waals surface area contributed by atoms with Crippen molar-refractivity contribution in [3.05, 3.63) is 76.7 Å². The van der Waals surface area contributed by atoms with E-state index in [9.17, 15) is 0 Å². The highest BCUT2D eigenvalue weighted by Gasteiger charge is 2.31. The Labute approximate surface area is 214 Å². The van der Waals surface area contributed by atoms with Crippen molar-refractivity contribution in [2.45, 2.75) is 60.1 Å². The molecule has 0 unspecified atom stereocenters. The average Bonchev–Trinajstić information content (AvgIpc) is 3.47. The van der Waals surface area contributed by atoms with Gasteiger partial charge in [-0.15, -0.1) is 0 Å². The lowest BCUT2D eigenvalue weighted by molar-refractivity contribution is -0.664. The first-order valence-electron chi connectivity index (χ1n) is 15.5. The Hall–Kier alpha value is -3.27. The lowest BCUT2D eigenvalue weighted by atomic mass is 9.90. The molecular formula is C30H37N4+. The number of aromatic nitrogens is 4. The van der Waals surface area contributed by atoms with Crippen LogP contribution in [0.2, 0.25) is 0 Å². The summed E-state index contributed by atoms with van der Waals surface area (Å²) in [5.74, 6) is -1.75. The fourth-order valence-electron chi connectivity index (χ4n) is 5.13. The van der Waals surface area contributed by atoms with Crippen molar-refractivity contribution < 1.29 is 15.5 Å². The maximum Gasteiger partial charge on any atom is 0.375 e. The van der Waals surface area contributed by atoms with Gasteiger partial charge in [0.15, 0.2) is 5.65 Å². The van der Waals surface area contributed by atoms with Gasteiger partial charge in [0.2, 0.25) is 0 Å². The van der Waals surface area contributed by atoms with Crippen LogP contribution in [0.5, 0.6) is 0 Å². The molecule has 0 aliphatic heterocycles. The molecule has 4 heteroatoms. The van der Waals surface area contributed by atoms with E-state index in [0.717, 1.165) is 11.1 Å². The van der Waals surface area contributed by atoms with E-state index in [1.165, 1.54) is 0 Å². The molecule has 5 aromatic rings. The second-order valence-electron chi connectivity index (χ2n) is 9.62. The summed E-state index contributed by atoms with van der Waals surface area (Å²) in [5, 5.41) is 1.03. The van der Waals surface area contributed by atoms with E-state index in [1.807, 2.05) is 59.5 Å². The molecule has 176 valence electrons. The Kier molecular flexibility index (Phi) is 3.46. The minimum Gasteiger partial charge on any atom is -0.317 e. The molecule has 34 heavy (non-hydrogen) atoms. The molecule has 0 radical (unpaired) electrons. The Morgan fingerprint density at radius 1 is 1.00 bits per heavy atom. The number of hydrogen-bond donors (Lipinski definition) is 0. The second kappa shape index (κ2) is 7.90. The van der Waals surface area contributed by atoms with Crippen molar-refractivity contribution in [3.8, 4) is 11.6 Å². The molecule has 5 rings (SSSR count). The van der Waals surface area contributed by atoms with Gasteiger partial charge in [0.1, 0.15) is 11.9 Å². The van der Waals surface area contributed by atoms with Gasteiger partial charge in [0.05, 0.1) is 24.5 Å². The molecule has 0 bridgehead atoms. The Balaban J connectivity index is 2.08. The van der Waals surface area contributed by atoms with Crippen LogP contribution in [0.3, 0.4) is 0 Å². The van der Waals surface area contributed by atoms with E-state index in [0.29, 0.717) is 39.2 Å². The topological polar surface area (TPSA) is 18.7 Å². The largest absolute Gasteiger partial charge is 0.375 e. The zero-order chi connectivity index (χ0) is 31.3. The SMILES string of the molecule is [2H]C([2H])([2H])c1c(C([2H])([2H])[2H])n(-c2n(-c3c(C([2H])(C)C)cc(C)cc3C([2H])(C)C)cc[n+]2C)c2c1c1ccccc1n2C. The zero-order valence-electron chi connectivity index (χ0n) is 28.9. The molecule has 2 aromatic carbocycles. The van der Waals surface area contributed by atoms with Crippen molar-refractivity contribution in [1.29, 1.82) is 0 Å². The van der Waals surface area contributed by atoms with Crippen LogP contribution in [-0.2, 0) is 14.1 Å². The smallest absolute Gasteiger partial charge is 0.317 e. The molecule has 0 aliphatic rings. The van der Waals surface area contributed by atoms with Gasteiger partial charge in [0.25, 0.3) is 0 Å². The quantitative estimate of drug-likeness (QED) is 0.259. The molecule has 0 N–H and O–H groups in total. The number of rotatable bonds is 4. The number of nitrogens with zero attached hydrogens (tertiary/aromatic N) is 4. The first kappa shape index (κ1) is 14.9. The molecule has 0 saturated carbocycles. The molecule has 0 atom stereocenters. The van der Waals surface area contributed by atoms with Crippen LogP contribution in [-0.4, -0.2) is 13.7 Å². The number of aryl methyl sites for hydroxylation is 4. The number of hydrogen-bond acceptors (Lipinski definition) is 0. The van der Waals surface area contributed by atoms with E-state index in [4.69, 9.17) is 11.0 Å². The molecule has 3 heterocycles. The number of imidazole rings is 1. The molecule has 0 aliphatic carbocycles. The number of para-hydroxylation sites is 1. The van der Waals surface area contributed by atoms with Gasteiger partial charge in [-0.05, 0) is 55.2 Å². The van der Waals surface area contributed by atoms with Gasteiger partial charge >= 0.3 is 5.95 Å². The standard InChI is InChI=1S/C30H37N4/c1-18(2)24-16-20(5)17-25(19(3)4)28(24)33-15-14-31(8)30(33)34-22(7)21(6)27-23-12-10-11-13-26(23)32(9)29(27)34/h10-19H,1-9H3/q+1/i6D3,7D3,18D,19D. The minimum atomic E-state index is -2.78. The molecular weight excluding hydrogens is 416 g/mol. The van der Waals surface area contributed by atoms with Crippen LogP contribution in [0.4, 0.5) is 0 Å². The van der Waals surface area contributed by atoms with Crippen LogP contribution < -0.4 is 4.57 Å². The maximum atomic E-state index is 9.05. The highest BCUT2D eigenvalue weighted by molar-refractivity contribution is 6.09. The van der Waals surface area contributed by atoms with E-state index < -0.39 is 25.5 Å². The van der Waals surface area contributed by atoms with E-state index in [2.05, 4.69) is 0 Å². The van der Waals surface area contributed by atoms with E-state index in [1.54, 1.807) is 56.3 Å². The van der Waals surface area contributed by atoms with Crippen molar-refractivity contribution in [2.75, 3.05) is 0 Å². The first-order chi connectivity index (χ1) is 19.2. The van der Waals surface area contributed by atoms with Crippen molar-refractivity contribution in [3.63, 3.8) is 0 Å². The van der Waals surface area contributed by atoms with E-state index >= 15 is 0 Å². The van der Waals surface area contributed by atoms with Crippen LogP contribution in [0.25, 0.3) is 33.6 Å². The summed E-state index contributed by atoms with van der Waals surface area (Å²) in [6.07, 6.45) is 3.57. The third kappa shape index (κ3) is 3.08. The molecule has 0 fully saturated rings. The average molecular weight is 462 g/mol. The van der Waals surface area contributed by atoms with E-state index in [-0.39, 0.29) is 11.3 Å². The lowest BCUT2D eigenvalue weighted by Gasteiger charge is -2.20. The Bertz CT molecular complexity index is 1820. The summed E-state index contributed by atoms with van der Waals surface area (Å²) in [7, 11) is 3.59. The lowest BCUT2D eigenvalue weighted by Crippen LogP contribution is -2.33. The monoisotopic (exact) mass is 461 g/mol. The second-order valence-corrected chi connectivity index (χ2v) is 9.62. The molecule has 4 nitrogen and oxygen atoms in total. The molecule has 3 aromatic heterocycles. The maximum absolute atomic E-state index is 9.05. The van der Waals surface area contributed by atoms with Crippen LogP contribution >= 0.6 is 0 Å². The number of fused-ring (bicyclic) bond motifs is 3. The Morgan fingerprint density at radius 3 is 2.29 bits per heavy atom. The van der Waals surface area contributed by atoms with Gasteiger partial charge < -0.3 is 4.57 Å². The predicted octanol–water partition coefficient (Wildman–Crippen LogP) is 6.91. The summed E-state index contributed by atoms with van der Waals surface area (Å²) >= 11 is 0. The summed E-state index contributed by atoms with van der Waals surface area (Å²) in [4.78, 5) is 0. The molecule has 0 saturated heterocycles. The number of benzene rings is 2. The summed E-state index contributed by atoms with van der Waals surface area (Å²) in [6.45, 7) is 3.57. The fourth-order valence-corrected chi connectivity index (χ4v) is 5.13. The van der Waals surface area contributed by atoms with Gasteiger partial charge in [-0.3, -0.25) is 0 Å². The molecule has 0 amide bonds. The van der Waals surface area contributed by atoms with Gasteiger partial charge in [-0.25, -0.2) is 9.13 Å². The minimum absolute atomic E-state index is 0.201. The summed E-state index contributed by atoms with van der Waals surface area (Å²) in [6, 6.07) is 11.3. The predicted molar refractivity (Wildman–Crippen MR) is 143 cm³/mol. The van der Waals surface area contributed by atoms with Crippen LogP contribution in [0.15, 0.2) is 48.8 Å². The van der Waals surface area contributed by atoms with Crippen LogP contribution in [0, 0.1) is 20.6 Å². The van der Waals surface area contributed by atoms with Gasteiger partial charge in [-0.1, -0.05) is 63.6 Å². The highest BCUT2D eigenvalue weighted by Crippen LogP contribution is 2.38. The van der Waals surface area contributed by atoms with Crippen molar-refractivity contribution >= 4 is 21.9 Å². The fraction of sp³-hybridized carbons (Fsp3) is 0.367. The summed E-state index contributed by atoms with van der Waals surface area (Å²) in [5.41, 5.74) is 3.58. The van der Waals surface area contributed by atoms with Crippen molar-refractivity contribution in [1.82, 2.24) is 13.7 Å². The third-order valence-corrected chi connectivity index (χ3v) is 6.74. The Morgan fingerprint density at radius 2 is 1.68 bits per heavy atom. The first-order valence-corrected chi connectivity index (χ1v) is 11.5. The van der Waals surface area contributed by atoms with Crippen LogP contribution in [0.1, 0.15) is 78.4 Å². The normalized spacial score (nSPS) is 17.0. The van der Waals surface area contributed by atoms with Crippen molar-refractivity contribution in [2.24, 2.45) is 14.1 Å². The third-order valence-electron chi connectivity index (χ3n) is 6.74. The van der Waals surface area contributed by atoms with Gasteiger partial charge in [-0.2, -0.15) is 4.57 Å². The summed E-state index contributed by atoms with van der Waals surface area (Å²) < 4.78 is 76.5. The molecule has 0 spiro atoms.